The van der Waals surface area contributed by atoms with Gasteiger partial charge in [-0.2, -0.15) is 0 Å². The first kappa shape index (κ1) is 20.2. The number of hydrogen-bond acceptors (Lipinski definition) is 5. The van der Waals surface area contributed by atoms with Crippen LogP contribution in [0, 0.1) is 0 Å². The molecule has 0 aromatic carbocycles. The monoisotopic (exact) mass is 329 g/mol. The largest absolute Gasteiger partial charge is 0.444 e. The summed E-state index contributed by atoms with van der Waals surface area (Å²) in [5.74, 6) is 0. The van der Waals surface area contributed by atoms with E-state index in [0.29, 0.717) is 18.6 Å². The summed E-state index contributed by atoms with van der Waals surface area (Å²) in [6, 6.07) is 0.913. The van der Waals surface area contributed by atoms with E-state index >= 15 is 0 Å². The lowest BCUT2D eigenvalue weighted by Gasteiger charge is -2.31. The molecule has 1 aliphatic rings. The second-order valence-corrected chi connectivity index (χ2v) is 7.58. The number of nitrogens with one attached hydrogen (secondary N) is 2. The van der Waals surface area contributed by atoms with Gasteiger partial charge in [-0.3, -0.25) is 0 Å². The van der Waals surface area contributed by atoms with Gasteiger partial charge in [0.25, 0.3) is 0 Å². The Kier molecular flexibility index (Phi) is 8.29. The van der Waals surface area contributed by atoms with Crippen molar-refractivity contribution in [1.82, 2.24) is 15.5 Å². The molecule has 2 N–H and O–H groups in total. The summed E-state index contributed by atoms with van der Waals surface area (Å²) in [7, 11) is 0. The van der Waals surface area contributed by atoms with E-state index in [1.54, 1.807) is 4.90 Å². The van der Waals surface area contributed by atoms with Crippen molar-refractivity contribution in [2.45, 2.75) is 71.7 Å². The molecule has 1 amide bonds. The van der Waals surface area contributed by atoms with Gasteiger partial charge in [0.1, 0.15) is 5.60 Å². The Bertz CT molecular complexity index is 349. The minimum atomic E-state index is -0.461. The molecule has 2 atom stereocenters. The summed E-state index contributed by atoms with van der Waals surface area (Å²) < 4.78 is 10.9. The molecular formula is C17H35N3O3. The summed E-state index contributed by atoms with van der Waals surface area (Å²) >= 11 is 0. The fourth-order valence-corrected chi connectivity index (χ4v) is 2.59. The highest BCUT2D eigenvalue weighted by Gasteiger charge is 2.24. The van der Waals surface area contributed by atoms with E-state index in [-0.39, 0.29) is 12.1 Å². The fraction of sp³-hybridized carbons (Fsp3) is 0.941. The Hall–Kier alpha value is -0.850. The van der Waals surface area contributed by atoms with Crippen LogP contribution in [0.3, 0.4) is 0 Å². The Labute approximate surface area is 141 Å². The Morgan fingerprint density at radius 1 is 1.39 bits per heavy atom. The number of ether oxygens (including phenoxy) is 2. The minimum Gasteiger partial charge on any atom is -0.444 e. The van der Waals surface area contributed by atoms with E-state index in [0.717, 1.165) is 32.7 Å². The van der Waals surface area contributed by atoms with Crippen molar-refractivity contribution in [2.75, 3.05) is 32.8 Å². The molecule has 2 unspecified atom stereocenters. The molecule has 0 aliphatic carbocycles. The van der Waals surface area contributed by atoms with Gasteiger partial charge in [-0.1, -0.05) is 0 Å². The number of carbonyl (C=O) groups excluding carboxylic acids is 1. The summed E-state index contributed by atoms with van der Waals surface area (Å²) in [6.07, 6.45) is 0.776. The smallest absolute Gasteiger partial charge is 0.410 e. The lowest BCUT2D eigenvalue weighted by atomic mass is 10.1. The molecule has 6 nitrogen and oxygen atoms in total. The fourth-order valence-electron chi connectivity index (χ4n) is 2.59. The van der Waals surface area contributed by atoms with Gasteiger partial charge in [-0.15, -0.1) is 0 Å². The van der Waals surface area contributed by atoms with Gasteiger partial charge in [0.2, 0.25) is 0 Å². The summed E-state index contributed by atoms with van der Waals surface area (Å²) in [6.45, 7) is 15.8. The Morgan fingerprint density at radius 3 is 2.61 bits per heavy atom. The minimum absolute atomic E-state index is 0.121. The SMILES string of the molecule is CC(CC1COCCN1)NCCN(C(=O)OC(C)(C)C)C(C)C. The molecule has 0 spiro atoms. The van der Waals surface area contributed by atoms with E-state index in [1.807, 2.05) is 34.6 Å². The average molecular weight is 329 g/mol. The molecule has 1 saturated heterocycles. The molecule has 1 heterocycles. The molecule has 0 saturated carbocycles. The van der Waals surface area contributed by atoms with Crippen LogP contribution in [0.4, 0.5) is 4.79 Å². The van der Waals surface area contributed by atoms with Crippen molar-refractivity contribution in [3.63, 3.8) is 0 Å². The third-order valence-electron chi connectivity index (χ3n) is 3.73. The molecule has 6 heteroatoms. The number of carbonyl (C=O) groups is 1. The van der Waals surface area contributed by atoms with Crippen LogP contribution in [0.25, 0.3) is 0 Å². The number of nitrogens with zero attached hydrogens (tertiary/aromatic N) is 1. The molecule has 0 aromatic rings. The van der Waals surface area contributed by atoms with E-state index < -0.39 is 5.60 Å². The van der Waals surface area contributed by atoms with Crippen molar-refractivity contribution in [1.29, 1.82) is 0 Å². The molecule has 0 bridgehead atoms. The maximum Gasteiger partial charge on any atom is 0.410 e. The van der Waals surface area contributed by atoms with Crippen LogP contribution < -0.4 is 10.6 Å². The Morgan fingerprint density at radius 2 is 2.09 bits per heavy atom. The molecule has 1 fully saturated rings. The maximum absolute atomic E-state index is 12.2. The van der Waals surface area contributed by atoms with E-state index in [4.69, 9.17) is 9.47 Å². The molecule has 23 heavy (non-hydrogen) atoms. The predicted octanol–water partition coefficient (Wildman–Crippen LogP) is 1.99. The zero-order valence-electron chi connectivity index (χ0n) is 15.6. The van der Waals surface area contributed by atoms with Gasteiger partial charge in [0, 0.05) is 37.8 Å². The highest BCUT2D eigenvalue weighted by atomic mass is 16.6. The van der Waals surface area contributed by atoms with Gasteiger partial charge in [0.05, 0.1) is 13.2 Å². The van der Waals surface area contributed by atoms with E-state index in [1.165, 1.54) is 0 Å². The molecule has 1 aliphatic heterocycles. The summed E-state index contributed by atoms with van der Waals surface area (Å²) in [4.78, 5) is 14.0. The first-order chi connectivity index (χ1) is 10.7. The van der Waals surface area contributed by atoms with Gasteiger partial charge >= 0.3 is 6.09 Å². The van der Waals surface area contributed by atoms with Crippen LogP contribution in [0.2, 0.25) is 0 Å². The second kappa shape index (κ2) is 9.45. The molecule has 0 aromatic heterocycles. The van der Waals surface area contributed by atoms with Crippen molar-refractivity contribution in [3.8, 4) is 0 Å². The summed E-state index contributed by atoms with van der Waals surface area (Å²) in [5, 5.41) is 6.95. The lowest BCUT2D eigenvalue weighted by molar-refractivity contribution is 0.0191. The van der Waals surface area contributed by atoms with Gasteiger partial charge in [-0.25, -0.2) is 4.79 Å². The Balaban J connectivity index is 2.32. The topological polar surface area (TPSA) is 62.8 Å². The van der Waals surface area contributed by atoms with Crippen LogP contribution in [0.1, 0.15) is 48.0 Å². The third-order valence-corrected chi connectivity index (χ3v) is 3.73. The zero-order valence-corrected chi connectivity index (χ0v) is 15.6. The number of amides is 1. The lowest BCUT2D eigenvalue weighted by Crippen LogP contribution is -2.47. The van der Waals surface area contributed by atoms with Crippen LogP contribution in [-0.4, -0.2) is 67.6 Å². The van der Waals surface area contributed by atoms with E-state index in [2.05, 4.69) is 17.6 Å². The van der Waals surface area contributed by atoms with Crippen LogP contribution >= 0.6 is 0 Å². The third kappa shape index (κ3) is 8.53. The van der Waals surface area contributed by atoms with Gasteiger partial charge in [0.15, 0.2) is 0 Å². The molecule has 136 valence electrons. The second-order valence-electron chi connectivity index (χ2n) is 7.58. The van der Waals surface area contributed by atoms with Crippen LogP contribution in [0.15, 0.2) is 0 Å². The summed E-state index contributed by atoms with van der Waals surface area (Å²) in [5.41, 5.74) is -0.461. The molecule has 0 radical (unpaired) electrons. The quantitative estimate of drug-likeness (QED) is 0.748. The number of rotatable bonds is 7. The van der Waals surface area contributed by atoms with Crippen LogP contribution in [-0.2, 0) is 9.47 Å². The number of morpholine rings is 1. The average Bonchev–Trinajstić information content (AvgIpc) is 2.42. The standard InChI is InChI=1S/C17H35N3O3/c1-13(2)20(16(21)23-17(4,5)6)9-7-18-14(3)11-15-12-22-10-8-19-15/h13-15,18-19H,7-12H2,1-6H3. The normalized spacial score (nSPS) is 20.4. The van der Waals surface area contributed by atoms with E-state index in [9.17, 15) is 4.79 Å². The van der Waals surface area contributed by atoms with Crippen molar-refractivity contribution >= 4 is 6.09 Å². The van der Waals surface area contributed by atoms with Crippen molar-refractivity contribution in [3.05, 3.63) is 0 Å². The first-order valence-corrected chi connectivity index (χ1v) is 8.73. The van der Waals surface area contributed by atoms with Gasteiger partial charge < -0.3 is 25.0 Å². The molecule has 1 rings (SSSR count). The van der Waals surface area contributed by atoms with Crippen molar-refractivity contribution in [2.24, 2.45) is 0 Å². The van der Waals surface area contributed by atoms with Gasteiger partial charge in [-0.05, 0) is 48.0 Å². The highest BCUT2D eigenvalue weighted by Crippen LogP contribution is 2.11. The maximum atomic E-state index is 12.2. The van der Waals surface area contributed by atoms with Crippen LogP contribution in [0.5, 0.6) is 0 Å². The predicted molar refractivity (Wildman–Crippen MR) is 92.8 cm³/mol. The molecular weight excluding hydrogens is 294 g/mol. The first-order valence-electron chi connectivity index (χ1n) is 8.73. The number of hydrogen-bond donors (Lipinski definition) is 2. The zero-order chi connectivity index (χ0) is 17.5. The van der Waals surface area contributed by atoms with Crippen molar-refractivity contribution < 1.29 is 14.3 Å². The highest BCUT2D eigenvalue weighted by molar-refractivity contribution is 5.68.